The van der Waals surface area contributed by atoms with Crippen molar-refractivity contribution in [3.05, 3.63) is 36.7 Å². The molecule has 4 nitrogen and oxygen atoms in total. The minimum absolute atomic E-state index is 0.138. The van der Waals surface area contributed by atoms with Gasteiger partial charge in [-0.15, -0.1) is 0 Å². The molecule has 0 spiro atoms. The average molecular weight is 163 g/mol. The predicted octanol–water partition coefficient (Wildman–Crippen LogP) is 1.48. The Balaban J connectivity index is 2.27. The van der Waals surface area contributed by atoms with Gasteiger partial charge in [-0.3, -0.25) is 0 Å². The summed E-state index contributed by atoms with van der Waals surface area (Å²) < 4.78 is 6.68. The lowest BCUT2D eigenvalue weighted by atomic mass is 10.3. The van der Waals surface area contributed by atoms with Crippen LogP contribution in [-0.4, -0.2) is 14.7 Å². The Morgan fingerprint density at radius 3 is 2.75 bits per heavy atom. The van der Waals surface area contributed by atoms with Crippen molar-refractivity contribution >= 4 is 0 Å². The third kappa shape index (κ3) is 1.11. The van der Waals surface area contributed by atoms with Gasteiger partial charge in [-0.25, -0.2) is 0 Å². The van der Waals surface area contributed by atoms with E-state index in [2.05, 4.69) is 14.7 Å². The molecule has 4 heteroatoms. The SMILES string of the molecule is CC(c1ncon1)n1cccc1. The molecule has 1 atom stereocenters. The van der Waals surface area contributed by atoms with Gasteiger partial charge < -0.3 is 9.09 Å². The van der Waals surface area contributed by atoms with E-state index in [1.807, 2.05) is 36.0 Å². The first-order valence-electron chi connectivity index (χ1n) is 3.76. The molecule has 0 aliphatic heterocycles. The topological polar surface area (TPSA) is 43.9 Å². The van der Waals surface area contributed by atoms with E-state index in [9.17, 15) is 0 Å². The summed E-state index contributed by atoms with van der Waals surface area (Å²) in [5.41, 5.74) is 0. The summed E-state index contributed by atoms with van der Waals surface area (Å²) in [5, 5.41) is 3.77. The second-order valence-corrected chi connectivity index (χ2v) is 2.60. The molecule has 0 radical (unpaired) electrons. The molecule has 0 bridgehead atoms. The fourth-order valence-corrected chi connectivity index (χ4v) is 1.10. The second-order valence-electron chi connectivity index (χ2n) is 2.60. The van der Waals surface area contributed by atoms with Crippen LogP contribution in [0.25, 0.3) is 0 Å². The van der Waals surface area contributed by atoms with Gasteiger partial charge in [0.25, 0.3) is 0 Å². The van der Waals surface area contributed by atoms with Crippen molar-refractivity contribution < 1.29 is 4.52 Å². The molecule has 0 aliphatic carbocycles. The lowest BCUT2D eigenvalue weighted by molar-refractivity contribution is 0.401. The smallest absolute Gasteiger partial charge is 0.213 e. The van der Waals surface area contributed by atoms with E-state index in [1.165, 1.54) is 6.39 Å². The van der Waals surface area contributed by atoms with E-state index >= 15 is 0 Å². The Bertz CT molecular complexity index is 291. The molecular weight excluding hydrogens is 154 g/mol. The van der Waals surface area contributed by atoms with Crippen LogP contribution >= 0.6 is 0 Å². The second kappa shape index (κ2) is 2.81. The molecular formula is C8H9N3O. The van der Waals surface area contributed by atoms with E-state index in [4.69, 9.17) is 0 Å². The minimum Gasteiger partial charge on any atom is -0.344 e. The molecule has 0 aromatic carbocycles. The Labute approximate surface area is 69.8 Å². The lowest BCUT2D eigenvalue weighted by Crippen LogP contribution is -2.05. The Morgan fingerprint density at radius 1 is 1.42 bits per heavy atom. The molecule has 2 heterocycles. The number of aromatic nitrogens is 3. The average Bonchev–Trinajstić information content (AvgIpc) is 2.77. The Kier molecular flexibility index (Phi) is 1.66. The van der Waals surface area contributed by atoms with Crippen molar-refractivity contribution in [2.24, 2.45) is 0 Å². The van der Waals surface area contributed by atoms with Crippen LogP contribution < -0.4 is 0 Å². The maximum atomic E-state index is 4.66. The molecule has 2 aromatic heterocycles. The monoisotopic (exact) mass is 163 g/mol. The summed E-state index contributed by atoms with van der Waals surface area (Å²) in [7, 11) is 0. The van der Waals surface area contributed by atoms with E-state index in [-0.39, 0.29) is 6.04 Å². The molecule has 2 aromatic rings. The molecule has 0 amide bonds. The van der Waals surface area contributed by atoms with Gasteiger partial charge in [0.1, 0.15) is 0 Å². The lowest BCUT2D eigenvalue weighted by Gasteiger charge is -2.07. The van der Waals surface area contributed by atoms with Crippen molar-refractivity contribution in [1.82, 2.24) is 14.7 Å². The first-order valence-corrected chi connectivity index (χ1v) is 3.76. The fraction of sp³-hybridized carbons (Fsp3) is 0.250. The van der Waals surface area contributed by atoms with Gasteiger partial charge in [-0.05, 0) is 19.1 Å². The van der Waals surface area contributed by atoms with Gasteiger partial charge in [-0.1, -0.05) is 5.16 Å². The summed E-state index contributed by atoms with van der Waals surface area (Å²) in [6.07, 6.45) is 5.29. The van der Waals surface area contributed by atoms with E-state index < -0.39 is 0 Å². The molecule has 12 heavy (non-hydrogen) atoms. The van der Waals surface area contributed by atoms with E-state index in [1.54, 1.807) is 0 Å². The maximum absolute atomic E-state index is 4.66. The normalized spacial score (nSPS) is 13.1. The first kappa shape index (κ1) is 7.09. The summed E-state index contributed by atoms with van der Waals surface area (Å²) in [6.45, 7) is 2.02. The number of nitrogens with zero attached hydrogens (tertiary/aromatic N) is 3. The predicted molar refractivity (Wildman–Crippen MR) is 42.5 cm³/mol. The van der Waals surface area contributed by atoms with Gasteiger partial charge >= 0.3 is 0 Å². The largest absolute Gasteiger partial charge is 0.344 e. The molecule has 0 N–H and O–H groups in total. The van der Waals surface area contributed by atoms with E-state index in [0.29, 0.717) is 5.82 Å². The molecule has 1 unspecified atom stereocenters. The fourth-order valence-electron chi connectivity index (χ4n) is 1.10. The van der Waals surface area contributed by atoms with Crippen LogP contribution in [0.2, 0.25) is 0 Å². The molecule has 0 saturated heterocycles. The highest BCUT2D eigenvalue weighted by Crippen LogP contribution is 2.12. The highest BCUT2D eigenvalue weighted by Gasteiger charge is 2.10. The number of rotatable bonds is 2. The molecule has 2 rings (SSSR count). The molecule has 0 saturated carbocycles. The minimum atomic E-state index is 0.138. The molecule has 62 valence electrons. The quantitative estimate of drug-likeness (QED) is 0.673. The summed E-state index contributed by atoms with van der Waals surface area (Å²) in [5.74, 6) is 0.700. The van der Waals surface area contributed by atoms with Crippen molar-refractivity contribution in [2.75, 3.05) is 0 Å². The van der Waals surface area contributed by atoms with Crippen LogP contribution in [0.15, 0.2) is 35.4 Å². The maximum Gasteiger partial charge on any atom is 0.213 e. The summed E-state index contributed by atoms with van der Waals surface area (Å²) >= 11 is 0. The zero-order valence-corrected chi connectivity index (χ0v) is 6.71. The highest BCUT2D eigenvalue weighted by molar-refractivity contribution is 4.99. The van der Waals surface area contributed by atoms with Crippen molar-refractivity contribution in [3.63, 3.8) is 0 Å². The standard InChI is InChI=1S/C8H9N3O/c1-7(8-9-6-12-10-8)11-4-2-3-5-11/h2-7H,1H3. The van der Waals surface area contributed by atoms with Gasteiger partial charge in [0.2, 0.25) is 6.39 Å². The third-order valence-corrected chi connectivity index (χ3v) is 1.83. The van der Waals surface area contributed by atoms with Crippen LogP contribution in [0.5, 0.6) is 0 Å². The van der Waals surface area contributed by atoms with Gasteiger partial charge in [0, 0.05) is 12.4 Å². The first-order chi connectivity index (χ1) is 5.88. The molecule has 0 aliphatic rings. The van der Waals surface area contributed by atoms with Crippen LogP contribution in [-0.2, 0) is 0 Å². The van der Waals surface area contributed by atoms with Crippen LogP contribution in [0, 0.1) is 0 Å². The number of hydrogen-bond acceptors (Lipinski definition) is 3. The summed E-state index contributed by atoms with van der Waals surface area (Å²) in [6, 6.07) is 4.08. The van der Waals surface area contributed by atoms with Gasteiger partial charge in [0.05, 0.1) is 6.04 Å². The van der Waals surface area contributed by atoms with Gasteiger partial charge in [-0.2, -0.15) is 4.98 Å². The van der Waals surface area contributed by atoms with Gasteiger partial charge in [0.15, 0.2) is 5.82 Å². The van der Waals surface area contributed by atoms with Crippen LogP contribution in [0.4, 0.5) is 0 Å². The number of hydrogen-bond donors (Lipinski definition) is 0. The highest BCUT2D eigenvalue weighted by atomic mass is 16.5. The Hall–Kier alpha value is -1.58. The van der Waals surface area contributed by atoms with Crippen molar-refractivity contribution in [1.29, 1.82) is 0 Å². The van der Waals surface area contributed by atoms with E-state index in [0.717, 1.165) is 0 Å². The van der Waals surface area contributed by atoms with Crippen LogP contribution in [0.3, 0.4) is 0 Å². The Morgan fingerprint density at radius 2 is 2.17 bits per heavy atom. The van der Waals surface area contributed by atoms with Crippen LogP contribution in [0.1, 0.15) is 18.8 Å². The zero-order chi connectivity index (χ0) is 8.39. The molecule has 0 fully saturated rings. The zero-order valence-electron chi connectivity index (χ0n) is 6.71. The summed E-state index contributed by atoms with van der Waals surface area (Å²) in [4.78, 5) is 3.97. The van der Waals surface area contributed by atoms with Crippen molar-refractivity contribution in [2.45, 2.75) is 13.0 Å². The third-order valence-electron chi connectivity index (χ3n) is 1.83. The van der Waals surface area contributed by atoms with Crippen molar-refractivity contribution in [3.8, 4) is 0 Å².